The summed E-state index contributed by atoms with van der Waals surface area (Å²) < 4.78 is 5.71. The number of hydrogen-bond acceptors (Lipinski definition) is 3. The van der Waals surface area contributed by atoms with Crippen LogP contribution in [0.5, 0.6) is 11.5 Å². The van der Waals surface area contributed by atoms with Crippen molar-refractivity contribution in [2.75, 3.05) is 0 Å². The molecule has 0 atom stereocenters. The molecule has 0 saturated carbocycles. The number of rotatable bonds is 5. The summed E-state index contributed by atoms with van der Waals surface area (Å²) in [5, 5.41) is 10.9. The molecule has 0 radical (unpaired) electrons. The molecule has 0 aliphatic rings. The van der Waals surface area contributed by atoms with Crippen LogP contribution in [0, 0.1) is 10.1 Å². The molecule has 0 unspecified atom stereocenters. The lowest BCUT2D eigenvalue weighted by Crippen LogP contribution is -1.94. The molecule has 4 nitrogen and oxygen atoms in total. The lowest BCUT2D eigenvalue weighted by molar-refractivity contribution is -0.385. The zero-order chi connectivity index (χ0) is 15.4. The van der Waals surface area contributed by atoms with Crippen molar-refractivity contribution in [1.29, 1.82) is 0 Å². The molecule has 2 aromatic rings. The van der Waals surface area contributed by atoms with Gasteiger partial charge in [-0.15, -0.1) is 11.6 Å². The Bertz CT molecular complexity index is 638. The van der Waals surface area contributed by atoms with E-state index in [9.17, 15) is 10.1 Å². The van der Waals surface area contributed by atoms with E-state index in [4.69, 9.17) is 16.3 Å². The topological polar surface area (TPSA) is 52.4 Å². The van der Waals surface area contributed by atoms with Gasteiger partial charge in [0.05, 0.1) is 10.8 Å². The van der Waals surface area contributed by atoms with E-state index >= 15 is 0 Å². The average molecular weight is 306 g/mol. The van der Waals surface area contributed by atoms with Crippen LogP contribution in [0.25, 0.3) is 0 Å². The average Bonchev–Trinajstić information content (AvgIpc) is 2.47. The van der Waals surface area contributed by atoms with Gasteiger partial charge in [0.25, 0.3) is 5.69 Å². The van der Waals surface area contributed by atoms with Gasteiger partial charge < -0.3 is 4.74 Å². The number of alkyl halides is 1. The second-order valence-electron chi connectivity index (χ2n) is 5.01. The van der Waals surface area contributed by atoms with Crippen LogP contribution < -0.4 is 4.74 Å². The molecule has 110 valence electrons. The second kappa shape index (κ2) is 6.59. The minimum absolute atomic E-state index is 0.00695. The summed E-state index contributed by atoms with van der Waals surface area (Å²) in [6.07, 6.45) is 0. The summed E-state index contributed by atoms with van der Waals surface area (Å²) in [6, 6.07) is 12.4. The van der Waals surface area contributed by atoms with Crippen molar-refractivity contribution in [2.24, 2.45) is 0 Å². The number of nitro groups is 1. The van der Waals surface area contributed by atoms with Crippen LogP contribution in [0.15, 0.2) is 42.5 Å². The van der Waals surface area contributed by atoms with Crippen LogP contribution in [-0.4, -0.2) is 4.92 Å². The zero-order valence-corrected chi connectivity index (χ0v) is 12.6. The van der Waals surface area contributed by atoms with Crippen LogP contribution >= 0.6 is 11.6 Å². The molecule has 0 heterocycles. The summed E-state index contributed by atoms with van der Waals surface area (Å²) in [5.41, 5.74) is 1.68. The SMILES string of the molecule is CC(C)c1ccc(Oc2ccc([N+](=O)[O-])c(CCl)c2)cc1. The van der Waals surface area contributed by atoms with Gasteiger partial charge in [-0.05, 0) is 35.7 Å². The maximum Gasteiger partial charge on any atom is 0.274 e. The van der Waals surface area contributed by atoms with Crippen molar-refractivity contribution >= 4 is 17.3 Å². The fourth-order valence-corrected chi connectivity index (χ4v) is 2.18. The zero-order valence-electron chi connectivity index (χ0n) is 11.9. The highest BCUT2D eigenvalue weighted by molar-refractivity contribution is 6.17. The fourth-order valence-electron chi connectivity index (χ4n) is 1.97. The summed E-state index contributed by atoms with van der Waals surface area (Å²) >= 11 is 5.75. The molecule has 21 heavy (non-hydrogen) atoms. The highest BCUT2D eigenvalue weighted by Crippen LogP contribution is 2.29. The Labute approximate surface area is 128 Å². The van der Waals surface area contributed by atoms with Crippen LogP contribution in [0.1, 0.15) is 30.9 Å². The van der Waals surface area contributed by atoms with Gasteiger partial charge in [-0.1, -0.05) is 26.0 Å². The highest BCUT2D eigenvalue weighted by Gasteiger charge is 2.14. The monoisotopic (exact) mass is 305 g/mol. The van der Waals surface area contributed by atoms with E-state index in [0.717, 1.165) is 0 Å². The molecule has 2 aromatic carbocycles. The first-order chi connectivity index (χ1) is 10.0. The van der Waals surface area contributed by atoms with Gasteiger partial charge >= 0.3 is 0 Å². The minimum Gasteiger partial charge on any atom is -0.457 e. The van der Waals surface area contributed by atoms with E-state index < -0.39 is 4.92 Å². The highest BCUT2D eigenvalue weighted by atomic mass is 35.5. The Morgan fingerprint density at radius 3 is 2.29 bits per heavy atom. The molecule has 0 aliphatic heterocycles. The van der Waals surface area contributed by atoms with Crippen molar-refractivity contribution < 1.29 is 9.66 Å². The molecule has 0 N–H and O–H groups in total. The second-order valence-corrected chi connectivity index (χ2v) is 5.27. The number of benzene rings is 2. The molecule has 0 spiro atoms. The van der Waals surface area contributed by atoms with Crippen molar-refractivity contribution in [1.82, 2.24) is 0 Å². The number of ether oxygens (including phenoxy) is 1. The number of halogens is 1. The largest absolute Gasteiger partial charge is 0.457 e. The summed E-state index contributed by atoms with van der Waals surface area (Å²) in [7, 11) is 0. The molecule has 0 fully saturated rings. The molecule has 0 saturated heterocycles. The first-order valence-corrected chi connectivity index (χ1v) is 7.16. The van der Waals surface area contributed by atoms with E-state index in [1.807, 2.05) is 24.3 Å². The Morgan fingerprint density at radius 1 is 1.14 bits per heavy atom. The Hall–Kier alpha value is -2.07. The maximum atomic E-state index is 10.9. The van der Waals surface area contributed by atoms with E-state index in [2.05, 4.69) is 13.8 Å². The predicted molar refractivity (Wildman–Crippen MR) is 83.3 cm³/mol. The summed E-state index contributed by atoms with van der Waals surface area (Å²) in [5.74, 6) is 1.75. The third-order valence-electron chi connectivity index (χ3n) is 3.17. The van der Waals surface area contributed by atoms with Gasteiger partial charge in [-0.2, -0.15) is 0 Å². The van der Waals surface area contributed by atoms with Gasteiger partial charge in [0.2, 0.25) is 0 Å². The number of hydrogen-bond donors (Lipinski definition) is 0. The van der Waals surface area contributed by atoms with Crippen molar-refractivity contribution in [3.63, 3.8) is 0 Å². The summed E-state index contributed by atoms with van der Waals surface area (Å²) in [4.78, 5) is 10.4. The molecule has 0 aliphatic carbocycles. The third-order valence-corrected chi connectivity index (χ3v) is 3.46. The first-order valence-electron chi connectivity index (χ1n) is 6.62. The number of nitro benzene ring substituents is 1. The fraction of sp³-hybridized carbons (Fsp3) is 0.250. The molecule has 0 aromatic heterocycles. The van der Waals surface area contributed by atoms with Gasteiger partial charge in [0, 0.05) is 11.6 Å². The van der Waals surface area contributed by atoms with E-state index in [1.165, 1.54) is 11.6 Å². The molecule has 2 rings (SSSR count). The molecule has 0 bridgehead atoms. The predicted octanol–water partition coefficient (Wildman–Crippen LogP) is 5.25. The van der Waals surface area contributed by atoms with E-state index in [1.54, 1.807) is 12.1 Å². The van der Waals surface area contributed by atoms with Crippen molar-refractivity contribution in [3.05, 3.63) is 63.7 Å². The number of nitrogens with zero attached hydrogens (tertiary/aromatic N) is 1. The van der Waals surface area contributed by atoms with E-state index in [0.29, 0.717) is 23.0 Å². The Morgan fingerprint density at radius 2 is 1.76 bits per heavy atom. The minimum atomic E-state index is -0.446. The maximum absolute atomic E-state index is 10.9. The third kappa shape index (κ3) is 3.73. The lowest BCUT2D eigenvalue weighted by atomic mass is 10.0. The van der Waals surface area contributed by atoms with Crippen LogP contribution in [0.4, 0.5) is 5.69 Å². The van der Waals surface area contributed by atoms with Crippen LogP contribution in [-0.2, 0) is 5.88 Å². The normalized spacial score (nSPS) is 10.7. The van der Waals surface area contributed by atoms with Crippen LogP contribution in [0.3, 0.4) is 0 Å². The molecule has 5 heteroatoms. The molecular formula is C16H16ClNO3. The first kappa shape index (κ1) is 15.3. The standard InChI is InChI=1S/C16H16ClNO3/c1-11(2)12-3-5-14(6-4-12)21-15-7-8-16(18(19)20)13(9-15)10-17/h3-9,11H,10H2,1-2H3. The van der Waals surface area contributed by atoms with E-state index in [-0.39, 0.29) is 11.6 Å². The van der Waals surface area contributed by atoms with Gasteiger partial charge in [-0.3, -0.25) is 10.1 Å². The van der Waals surface area contributed by atoms with Gasteiger partial charge in [-0.25, -0.2) is 0 Å². The lowest BCUT2D eigenvalue weighted by Gasteiger charge is -2.09. The summed E-state index contributed by atoms with van der Waals surface area (Å²) in [6.45, 7) is 4.25. The smallest absolute Gasteiger partial charge is 0.274 e. The Kier molecular flexibility index (Phi) is 4.81. The molecule has 0 amide bonds. The Balaban J connectivity index is 2.21. The van der Waals surface area contributed by atoms with Crippen molar-refractivity contribution in [2.45, 2.75) is 25.6 Å². The van der Waals surface area contributed by atoms with Crippen LogP contribution in [0.2, 0.25) is 0 Å². The van der Waals surface area contributed by atoms with Crippen molar-refractivity contribution in [3.8, 4) is 11.5 Å². The molecular weight excluding hydrogens is 290 g/mol. The van der Waals surface area contributed by atoms with Gasteiger partial charge in [0.15, 0.2) is 0 Å². The van der Waals surface area contributed by atoms with Gasteiger partial charge in [0.1, 0.15) is 11.5 Å². The quantitative estimate of drug-likeness (QED) is 0.430.